The number of rotatable bonds is 3. The number of aromatic nitrogens is 2. The van der Waals surface area contributed by atoms with E-state index in [1.807, 2.05) is 0 Å². The van der Waals surface area contributed by atoms with Crippen molar-refractivity contribution in [3.63, 3.8) is 0 Å². The number of anilines is 2. The van der Waals surface area contributed by atoms with E-state index >= 15 is 0 Å². The van der Waals surface area contributed by atoms with Crippen LogP contribution < -0.4 is 16.4 Å². The summed E-state index contributed by atoms with van der Waals surface area (Å²) in [4.78, 5) is 8.72. The van der Waals surface area contributed by atoms with E-state index < -0.39 is 0 Å². The lowest BCUT2D eigenvalue weighted by Crippen LogP contribution is -2.20. The van der Waals surface area contributed by atoms with Gasteiger partial charge in [-0.3, -0.25) is 0 Å². The first-order chi connectivity index (χ1) is 8.33. The van der Waals surface area contributed by atoms with Crippen LogP contribution in [0.3, 0.4) is 0 Å². The second kappa shape index (κ2) is 4.46. The van der Waals surface area contributed by atoms with Crippen LogP contribution in [0.1, 0.15) is 24.1 Å². The summed E-state index contributed by atoms with van der Waals surface area (Å²) in [6.07, 6.45) is 2.53. The highest BCUT2D eigenvalue weighted by molar-refractivity contribution is 5.48. The third-order valence-corrected chi connectivity index (χ3v) is 3.23. The Morgan fingerprint density at radius 2 is 2.35 bits per heavy atom. The number of nitrogens with two attached hydrogens (primary N) is 1. The van der Waals surface area contributed by atoms with Gasteiger partial charge in [0, 0.05) is 31.8 Å². The van der Waals surface area contributed by atoms with Crippen LogP contribution >= 0.6 is 0 Å². The third kappa shape index (κ3) is 2.18. The first-order valence-electron chi connectivity index (χ1n) is 6.04. The van der Waals surface area contributed by atoms with Gasteiger partial charge in [-0.25, -0.2) is 4.98 Å². The molecule has 6 heteroatoms. The molecule has 92 valence electrons. The van der Waals surface area contributed by atoms with E-state index in [2.05, 4.69) is 20.6 Å². The van der Waals surface area contributed by atoms with E-state index in [1.165, 1.54) is 0 Å². The van der Waals surface area contributed by atoms with Crippen LogP contribution in [0, 0.1) is 0 Å². The summed E-state index contributed by atoms with van der Waals surface area (Å²) in [5.74, 6) is 1.19. The predicted octanol–water partition coefficient (Wildman–Crippen LogP) is 0.253. The molecule has 2 aliphatic heterocycles. The van der Waals surface area contributed by atoms with Gasteiger partial charge in [0.2, 0.25) is 5.95 Å². The van der Waals surface area contributed by atoms with Crippen LogP contribution in [0.4, 0.5) is 11.8 Å². The Bertz CT molecular complexity index is 417. The molecule has 0 spiro atoms. The van der Waals surface area contributed by atoms with Gasteiger partial charge in [-0.05, 0) is 12.8 Å². The monoisotopic (exact) mass is 235 g/mol. The Labute approximate surface area is 100.0 Å². The first-order valence-corrected chi connectivity index (χ1v) is 6.04. The number of hydrogen-bond acceptors (Lipinski definition) is 6. The predicted molar refractivity (Wildman–Crippen MR) is 64.5 cm³/mol. The number of nitrogens with zero attached hydrogens (tertiary/aromatic N) is 2. The number of ether oxygens (including phenoxy) is 1. The minimum Gasteiger partial charge on any atom is -0.383 e. The SMILES string of the molecule is Nc1nc(NCC2CCCO2)nc2c1CNC2. The second-order valence-electron chi connectivity index (χ2n) is 4.48. The number of fused-ring (bicyclic) bond motifs is 1. The molecule has 6 nitrogen and oxygen atoms in total. The standard InChI is InChI=1S/C11H17N5O/c12-10-8-5-13-6-9(8)15-11(16-10)14-4-7-2-1-3-17-7/h7,13H,1-6H2,(H3,12,14,15,16). The van der Waals surface area contributed by atoms with Crippen molar-refractivity contribution in [2.75, 3.05) is 24.2 Å². The molecule has 1 aromatic heterocycles. The van der Waals surface area contributed by atoms with Crippen molar-refractivity contribution in [2.24, 2.45) is 0 Å². The summed E-state index contributed by atoms with van der Waals surface area (Å²) in [5.41, 5.74) is 7.94. The van der Waals surface area contributed by atoms with Crippen molar-refractivity contribution in [1.82, 2.24) is 15.3 Å². The van der Waals surface area contributed by atoms with Crippen LogP contribution in [-0.2, 0) is 17.8 Å². The zero-order chi connectivity index (χ0) is 11.7. The number of nitrogens with one attached hydrogen (secondary N) is 2. The smallest absolute Gasteiger partial charge is 0.225 e. The van der Waals surface area contributed by atoms with Crippen molar-refractivity contribution < 1.29 is 4.74 Å². The van der Waals surface area contributed by atoms with Crippen LogP contribution in [0.5, 0.6) is 0 Å². The second-order valence-corrected chi connectivity index (χ2v) is 4.48. The van der Waals surface area contributed by atoms with Gasteiger partial charge in [-0.15, -0.1) is 0 Å². The van der Waals surface area contributed by atoms with Crippen molar-refractivity contribution >= 4 is 11.8 Å². The minimum atomic E-state index is 0.284. The molecule has 1 unspecified atom stereocenters. The third-order valence-electron chi connectivity index (χ3n) is 3.23. The maximum Gasteiger partial charge on any atom is 0.225 e. The van der Waals surface area contributed by atoms with Gasteiger partial charge in [0.1, 0.15) is 5.82 Å². The van der Waals surface area contributed by atoms with Gasteiger partial charge in [0.05, 0.1) is 11.8 Å². The lowest BCUT2D eigenvalue weighted by Gasteiger charge is -2.12. The number of hydrogen-bond donors (Lipinski definition) is 3. The Kier molecular flexibility index (Phi) is 2.82. The topological polar surface area (TPSA) is 85.1 Å². The fourth-order valence-corrected chi connectivity index (χ4v) is 2.28. The van der Waals surface area contributed by atoms with E-state index in [0.717, 1.165) is 50.3 Å². The van der Waals surface area contributed by atoms with Crippen molar-refractivity contribution in [1.29, 1.82) is 0 Å². The average Bonchev–Trinajstić information content (AvgIpc) is 2.97. The fraction of sp³-hybridized carbons (Fsp3) is 0.636. The quantitative estimate of drug-likeness (QED) is 0.696. The molecule has 0 radical (unpaired) electrons. The zero-order valence-electron chi connectivity index (χ0n) is 9.70. The molecule has 1 aromatic rings. The summed E-state index contributed by atoms with van der Waals surface area (Å²) < 4.78 is 5.54. The molecule has 0 bridgehead atoms. The van der Waals surface area contributed by atoms with E-state index in [0.29, 0.717) is 11.8 Å². The molecule has 2 aliphatic rings. The highest BCUT2D eigenvalue weighted by Crippen LogP contribution is 2.20. The first kappa shape index (κ1) is 10.7. The van der Waals surface area contributed by atoms with Crippen molar-refractivity contribution in [2.45, 2.75) is 32.0 Å². The van der Waals surface area contributed by atoms with Crippen LogP contribution in [-0.4, -0.2) is 29.2 Å². The Morgan fingerprint density at radius 1 is 1.41 bits per heavy atom. The molecule has 1 saturated heterocycles. The van der Waals surface area contributed by atoms with E-state index in [-0.39, 0.29) is 6.10 Å². The van der Waals surface area contributed by atoms with Crippen LogP contribution in [0.15, 0.2) is 0 Å². The lowest BCUT2D eigenvalue weighted by molar-refractivity contribution is 0.120. The molecule has 3 rings (SSSR count). The fourth-order valence-electron chi connectivity index (χ4n) is 2.28. The van der Waals surface area contributed by atoms with Gasteiger partial charge in [0.15, 0.2) is 0 Å². The highest BCUT2D eigenvalue weighted by Gasteiger charge is 2.19. The largest absolute Gasteiger partial charge is 0.383 e. The van der Waals surface area contributed by atoms with E-state index in [9.17, 15) is 0 Å². The molecule has 3 heterocycles. The minimum absolute atomic E-state index is 0.284. The summed E-state index contributed by atoms with van der Waals surface area (Å²) in [6, 6.07) is 0. The van der Waals surface area contributed by atoms with Crippen molar-refractivity contribution in [3.05, 3.63) is 11.3 Å². The summed E-state index contributed by atoms with van der Waals surface area (Å²) in [7, 11) is 0. The maximum absolute atomic E-state index is 5.89. The van der Waals surface area contributed by atoms with Gasteiger partial charge >= 0.3 is 0 Å². The zero-order valence-corrected chi connectivity index (χ0v) is 9.70. The molecule has 0 aliphatic carbocycles. The molecule has 17 heavy (non-hydrogen) atoms. The molecule has 0 aromatic carbocycles. The summed E-state index contributed by atoms with van der Waals surface area (Å²) in [5, 5.41) is 6.42. The van der Waals surface area contributed by atoms with Crippen molar-refractivity contribution in [3.8, 4) is 0 Å². The highest BCUT2D eigenvalue weighted by atomic mass is 16.5. The molecular weight excluding hydrogens is 218 g/mol. The molecule has 0 amide bonds. The summed E-state index contributed by atoms with van der Waals surface area (Å²) >= 11 is 0. The molecule has 4 N–H and O–H groups in total. The van der Waals surface area contributed by atoms with Gasteiger partial charge in [0.25, 0.3) is 0 Å². The van der Waals surface area contributed by atoms with E-state index in [1.54, 1.807) is 0 Å². The van der Waals surface area contributed by atoms with Crippen LogP contribution in [0.25, 0.3) is 0 Å². The maximum atomic E-state index is 5.89. The molecule has 0 saturated carbocycles. The van der Waals surface area contributed by atoms with Gasteiger partial charge in [-0.1, -0.05) is 0 Å². The Hall–Kier alpha value is -1.40. The van der Waals surface area contributed by atoms with Gasteiger partial charge in [-0.2, -0.15) is 4.98 Å². The molecular formula is C11H17N5O. The summed E-state index contributed by atoms with van der Waals surface area (Å²) in [6.45, 7) is 3.17. The normalized spacial score (nSPS) is 22.7. The molecule has 1 fully saturated rings. The van der Waals surface area contributed by atoms with E-state index in [4.69, 9.17) is 10.5 Å². The van der Waals surface area contributed by atoms with Crippen LogP contribution in [0.2, 0.25) is 0 Å². The Balaban J connectivity index is 1.68. The number of nitrogen functional groups attached to an aromatic ring is 1. The molecule has 1 atom stereocenters. The average molecular weight is 235 g/mol. The lowest BCUT2D eigenvalue weighted by atomic mass is 10.2. The Morgan fingerprint density at radius 3 is 3.18 bits per heavy atom. The van der Waals surface area contributed by atoms with Gasteiger partial charge < -0.3 is 21.1 Å².